The molecule has 3 heteroatoms. The summed E-state index contributed by atoms with van der Waals surface area (Å²) in [6.07, 6.45) is 5.27. The zero-order valence-electron chi connectivity index (χ0n) is 8.95. The highest BCUT2D eigenvalue weighted by atomic mass is 16.1. The van der Waals surface area contributed by atoms with Crippen LogP contribution < -0.4 is 0 Å². The average molecular weight is 192 g/mol. The topological polar surface area (TPSA) is 34.9 Å². The van der Waals surface area contributed by atoms with Crippen molar-refractivity contribution >= 4 is 5.78 Å². The maximum Gasteiger partial charge on any atom is 0.141 e. The van der Waals surface area contributed by atoms with Crippen molar-refractivity contribution in [3.8, 4) is 0 Å². The second kappa shape index (κ2) is 2.94. The molecule has 3 nitrogen and oxygen atoms in total. The Morgan fingerprint density at radius 1 is 1.71 bits per heavy atom. The van der Waals surface area contributed by atoms with Gasteiger partial charge in [-0.15, -0.1) is 0 Å². The average Bonchev–Trinajstić information content (AvgIpc) is 2.51. The zero-order valence-corrected chi connectivity index (χ0v) is 8.95. The summed E-state index contributed by atoms with van der Waals surface area (Å²) in [6, 6.07) is 0. The fourth-order valence-corrected chi connectivity index (χ4v) is 1.90. The molecule has 1 aliphatic rings. The Labute approximate surface area is 84.1 Å². The van der Waals surface area contributed by atoms with E-state index in [1.54, 1.807) is 10.9 Å². The Bertz CT molecular complexity index is 365. The number of aryl methyl sites for hydroxylation is 1. The predicted molar refractivity (Wildman–Crippen MR) is 53.8 cm³/mol. The van der Waals surface area contributed by atoms with E-state index in [2.05, 4.69) is 18.9 Å². The fraction of sp³-hybridized carbons (Fsp3) is 0.636. The lowest BCUT2D eigenvalue weighted by Gasteiger charge is -2.00. The van der Waals surface area contributed by atoms with Gasteiger partial charge in [0.05, 0.1) is 6.20 Å². The lowest BCUT2D eigenvalue weighted by molar-refractivity contribution is -0.120. The fourth-order valence-electron chi connectivity index (χ4n) is 1.90. The van der Waals surface area contributed by atoms with Crippen molar-refractivity contribution in [2.45, 2.75) is 26.7 Å². The summed E-state index contributed by atoms with van der Waals surface area (Å²) in [5, 5.41) is 4.05. The van der Waals surface area contributed by atoms with Gasteiger partial charge >= 0.3 is 0 Å². The molecule has 0 spiro atoms. The third-order valence-electron chi connectivity index (χ3n) is 3.04. The Morgan fingerprint density at radius 2 is 2.36 bits per heavy atom. The smallest absolute Gasteiger partial charge is 0.141 e. The van der Waals surface area contributed by atoms with E-state index < -0.39 is 0 Å². The molecule has 0 N–H and O–H groups in total. The van der Waals surface area contributed by atoms with Crippen molar-refractivity contribution in [2.24, 2.45) is 18.4 Å². The van der Waals surface area contributed by atoms with Crippen LogP contribution in [0, 0.1) is 11.3 Å². The first-order valence-electron chi connectivity index (χ1n) is 4.99. The standard InChI is InChI=1S/C11H16N2O/c1-11(2)5-9(11)10(14)4-8-6-12-13(3)7-8/h6-7,9H,4-5H2,1-3H3. The number of rotatable bonds is 3. The molecule has 1 unspecified atom stereocenters. The summed E-state index contributed by atoms with van der Waals surface area (Å²) in [5.74, 6) is 0.644. The molecule has 1 saturated carbocycles. The zero-order chi connectivity index (χ0) is 10.3. The van der Waals surface area contributed by atoms with Gasteiger partial charge in [0.15, 0.2) is 0 Å². The normalized spacial score (nSPS) is 23.5. The first kappa shape index (κ1) is 9.44. The first-order valence-corrected chi connectivity index (χ1v) is 4.99. The third-order valence-corrected chi connectivity index (χ3v) is 3.04. The van der Waals surface area contributed by atoms with Gasteiger partial charge in [-0.2, -0.15) is 5.10 Å². The Hall–Kier alpha value is -1.12. The summed E-state index contributed by atoms with van der Waals surface area (Å²) in [5.41, 5.74) is 1.28. The summed E-state index contributed by atoms with van der Waals surface area (Å²) in [7, 11) is 1.87. The highest BCUT2D eigenvalue weighted by Gasteiger charge is 2.49. The van der Waals surface area contributed by atoms with E-state index in [0.29, 0.717) is 12.2 Å². The van der Waals surface area contributed by atoms with E-state index >= 15 is 0 Å². The minimum Gasteiger partial charge on any atom is -0.299 e. The van der Waals surface area contributed by atoms with Crippen LogP contribution in [-0.4, -0.2) is 15.6 Å². The molecular weight excluding hydrogens is 176 g/mol. The molecule has 0 aromatic carbocycles. The number of nitrogens with zero attached hydrogens (tertiary/aromatic N) is 2. The number of hydrogen-bond acceptors (Lipinski definition) is 2. The molecule has 0 amide bonds. The van der Waals surface area contributed by atoms with Crippen molar-refractivity contribution in [1.29, 1.82) is 0 Å². The van der Waals surface area contributed by atoms with E-state index in [9.17, 15) is 4.79 Å². The number of hydrogen-bond donors (Lipinski definition) is 0. The summed E-state index contributed by atoms with van der Waals surface area (Å²) in [6.45, 7) is 4.30. The van der Waals surface area contributed by atoms with E-state index in [4.69, 9.17) is 0 Å². The van der Waals surface area contributed by atoms with Gasteiger partial charge in [-0.25, -0.2) is 0 Å². The van der Waals surface area contributed by atoms with Crippen LogP contribution in [-0.2, 0) is 18.3 Å². The molecular formula is C11H16N2O. The van der Waals surface area contributed by atoms with Crippen molar-refractivity contribution in [3.63, 3.8) is 0 Å². The Morgan fingerprint density at radius 3 is 2.79 bits per heavy atom. The van der Waals surface area contributed by atoms with Gasteiger partial charge < -0.3 is 0 Å². The minimum atomic E-state index is 0.249. The SMILES string of the molecule is Cn1cc(CC(=O)C2CC2(C)C)cn1. The molecule has 0 radical (unpaired) electrons. The molecule has 1 aromatic rings. The third kappa shape index (κ3) is 1.72. The van der Waals surface area contributed by atoms with E-state index in [1.807, 2.05) is 13.2 Å². The van der Waals surface area contributed by atoms with Crippen molar-refractivity contribution in [3.05, 3.63) is 18.0 Å². The molecule has 1 aliphatic carbocycles. The highest BCUT2D eigenvalue weighted by molar-refractivity contribution is 5.86. The second-order valence-electron chi connectivity index (χ2n) is 4.91. The first-order chi connectivity index (χ1) is 6.49. The lowest BCUT2D eigenvalue weighted by atomic mass is 10.0. The van der Waals surface area contributed by atoms with Gasteiger partial charge in [0.25, 0.3) is 0 Å². The number of carbonyl (C=O) groups is 1. The predicted octanol–water partition coefficient (Wildman–Crippen LogP) is 1.58. The molecule has 2 rings (SSSR count). The highest BCUT2D eigenvalue weighted by Crippen LogP contribution is 2.52. The van der Waals surface area contributed by atoms with Crippen LogP contribution in [0.1, 0.15) is 25.8 Å². The molecule has 0 saturated heterocycles. The molecule has 76 valence electrons. The van der Waals surface area contributed by atoms with Gasteiger partial charge in [0, 0.05) is 25.6 Å². The van der Waals surface area contributed by atoms with Crippen LogP contribution in [0.5, 0.6) is 0 Å². The van der Waals surface area contributed by atoms with Gasteiger partial charge in [-0.3, -0.25) is 9.48 Å². The summed E-state index contributed by atoms with van der Waals surface area (Å²) < 4.78 is 1.74. The summed E-state index contributed by atoms with van der Waals surface area (Å²) >= 11 is 0. The lowest BCUT2D eigenvalue weighted by Crippen LogP contribution is -2.08. The number of aromatic nitrogens is 2. The molecule has 1 aromatic heterocycles. The largest absolute Gasteiger partial charge is 0.299 e. The van der Waals surface area contributed by atoms with Gasteiger partial charge in [-0.1, -0.05) is 13.8 Å². The van der Waals surface area contributed by atoms with Crippen molar-refractivity contribution in [2.75, 3.05) is 0 Å². The monoisotopic (exact) mass is 192 g/mol. The molecule has 1 atom stereocenters. The van der Waals surface area contributed by atoms with Gasteiger partial charge in [0.1, 0.15) is 5.78 Å². The molecule has 14 heavy (non-hydrogen) atoms. The summed E-state index contributed by atoms with van der Waals surface area (Å²) in [4.78, 5) is 11.8. The molecule has 0 bridgehead atoms. The van der Waals surface area contributed by atoms with Crippen LogP contribution in [0.15, 0.2) is 12.4 Å². The Kier molecular flexibility index (Phi) is 1.98. The number of ketones is 1. The molecule has 1 heterocycles. The van der Waals surface area contributed by atoms with E-state index in [-0.39, 0.29) is 11.3 Å². The van der Waals surface area contributed by atoms with E-state index in [1.165, 1.54) is 0 Å². The molecule has 0 aliphatic heterocycles. The Balaban J connectivity index is 1.96. The van der Waals surface area contributed by atoms with Crippen molar-refractivity contribution in [1.82, 2.24) is 9.78 Å². The van der Waals surface area contributed by atoms with Gasteiger partial charge in [-0.05, 0) is 17.4 Å². The maximum absolute atomic E-state index is 11.8. The minimum absolute atomic E-state index is 0.249. The van der Waals surface area contributed by atoms with Crippen LogP contribution in [0.3, 0.4) is 0 Å². The van der Waals surface area contributed by atoms with Crippen molar-refractivity contribution < 1.29 is 4.79 Å². The quantitative estimate of drug-likeness (QED) is 0.728. The van der Waals surface area contributed by atoms with Crippen LogP contribution in [0.4, 0.5) is 0 Å². The molecule has 1 fully saturated rings. The van der Waals surface area contributed by atoms with Crippen LogP contribution in [0.25, 0.3) is 0 Å². The van der Waals surface area contributed by atoms with Gasteiger partial charge in [0.2, 0.25) is 0 Å². The maximum atomic E-state index is 11.8. The van der Waals surface area contributed by atoms with E-state index in [0.717, 1.165) is 12.0 Å². The number of Topliss-reactive ketones (excluding diaryl/α,β-unsaturated/α-hetero) is 1. The second-order valence-corrected chi connectivity index (χ2v) is 4.91. The van der Waals surface area contributed by atoms with Crippen LogP contribution in [0.2, 0.25) is 0 Å². The van der Waals surface area contributed by atoms with Crippen LogP contribution >= 0.6 is 0 Å². The number of carbonyl (C=O) groups excluding carboxylic acids is 1.